The number of carbonyl (C=O) groups is 1. The number of ether oxygens (including phenoxy) is 1. The third-order valence-electron chi connectivity index (χ3n) is 3.28. The number of hydrogen-bond donors (Lipinski definition) is 0. The summed E-state index contributed by atoms with van der Waals surface area (Å²) in [4.78, 5) is 16.3. The van der Waals surface area contributed by atoms with Gasteiger partial charge in [-0.1, -0.05) is 19.3 Å². The summed E-state index contributed by atoms with van der Waals surface area (Å²) < 4.78 is 5.37. The van der Waals surface area contributed by atoms with E-state index in [2.05, 4.69) is 4.98 Å². The van der Waals surface area contributed by atoms with Crippen molar-refractivity contribution in [3.8, 4) is 5.75 Å². The Balaban J connectivity index is 2.09. The minimum Gasteiger partial charge on any atom is -0.492 e. The number of carbonyl (C=O) groups excluding carboxylic acids is 1. The van der Waals surface area contributed by atoms with Gasteiger partial charge in [0, 0.05) is 17.7 Å². The molecule has 0 saturated heterocycles. The Bertz CT molecular complexity index is 384. The van der Waals surface area contributed by atoms with Crippen LogP contribution in [0.1, 0.15) is 49.4 Å². The molecule has 0 unspecified atom stereocenters. The van der Waals surface area contributed by atoms with Crippen molar-refractivity contribution < 1.29 is 9.53 Å². The lowest BCUT2D eigenvalue weighted by atomic mass is 9.84. The third kappa shape index (κ3) is 3.05. The van der Waals surface area contributed by atoms with Gasteiger partial charge in [0.2, 0.25) is 0 Å². The first kappa shape index (κ1) is 12.1. The number of pyridine rings is 1. The second-order valence-electron chi connectivity index (χ2n) is 4.54. The fourth-order valence-electron chi connectivity index (χ4n) is 2.40. The topological polar surface area (TPSA) is 39.2 Å². The summed E-state index contributed by atoms with van der Waals surface area (Å²) in [6.07, 6.45) is 8.97. The molecule has 92 valence electrons. The molecule has 0 radical (unpaired) electrons. The van der Waals surface area contributed by atoms with E-state index in [1.54, 1.807) is 12.4 Å². The van der Waals surface area contributed by atoms with Gasteiger partial charge < -0.3 is 4.74 Å². The van der Waals surface area contributed by atoms with Crippen molar-refractivity contribution >= 4 is 5.78 Å². The fraction of sp³-hybridized carbons (Fsp3) is 0.571. The van der Waals surface area contributed by atoms with Gasteiger partial charge in [0.25, 0.3) is 0 Å². The molecule has 0 N–H and O–H groups in total. The number of ketones is 1. The van der Waals surface area contributed by atoms with Crippen LogP contribution in [0.25, 0.3) is 0 Å². The van der Waals surface area contributed by atoms with Crippen molar-refractivity contribution in [2.45, 2.75) is 39.0 Å². The van der Waals surface area contributed by atoms with Crippen LogP contribution in [0.15, 0.2) is 18.5 Å². The number of Topliss-reactive ketones (excluding diaryl/α,β-unsaturated/α-hetero) is 1. The molecule has 0 spiro atoms. The van der Waals surface area contributed by atoms with Crippen molar-refractivity contribution in [2.24, 2.45) is 5.92 Å². The second-order valence-corrected chi connectivity index (χ2v) is 4.54. The number of aromatic nitrogens is 1. The lowest BCUT2D eigenvalue weighted by molar-refractivity contribution is 0.0888. The SMILES string of the molecule is CCOc1cncc(C(=O)C2CCCCC2)c1. The lowest BCUT2D eigenvalue weighted by Gasteiger charge is -2.20. The molecule has 0 amide bonds. The smallest absolute Gasteiger partial charge is 0.167 e. The van der Waals surface area contributed by atoms with Crippen molar-refractivity contribution in [2.75, 3.05) is 6.61 Å². The Morgan fingerprint density at radius 2 is 2.12 bits per heavy atom. The molecule has 0 aromatic carbocycles. The van der Waals surface area contributed by atoms with Crippen LogP contribution in [0.3, 0.4) is 0 Å². The Hall–Kier alpha value is -1.38. The van der Waals surface area contributed by atoms with E-state index in [0.29, 0.717) is 17.9 Å². The summed E-state index contributed by atoms with van der Waals surface area (Å²) >= 11 is 0. The first-order valence-corrected chi connectivity index (χ1v) is 6.43. The van der Waals surface area contributed by atoms with E-state index >= 15 is 0 Å². The minimum atomic E-state index is 0.197. The van der Waals surface area contributed by atoms with E-state index < -0.39 is 0 Å². The normalized spacial score (nSPS) is 16.8. The van der Waals surface area contributed by atoms with Gasteiger partial charge in [-0.15, -0.1) is 0 Å². The molecule has 3 heteroatoms. The molecule has 1 fully saturated rings. The maximum atomic E-state index is 12.3. The Labute approximate surface area is 102 Å². The van der Waals surface area contributed by atoms with Crippen LogP contribution in [0.5, 0.6) is 5.75 Å². The lowest BCUT2D eigenvalue weighted by Crippen LogP contribution is -2.18. The minimum absolute atomic E-state index is 0.197. The summed E-state index contributed by atoms with van der Waals surface area (Å²) in [5.41, 5.74) is 0.697. The molecule has 1 aliphatic carbocycles. The highest BCUT2D eigenvalue weighted by atomic mass is 16.5. The monoisotopic (exact) mass is 233 g/mol. The van der Waals surface area contributed by atoms with E-state index in [1.807, 2.05) is 13.0 Å². The zero-order chi connectivity index (χ0) is 12.1. The first-order valence-electron chi connectivity index (χ1n) is 6.43. The van der Waals surface area contributed by atoms with Gasteiger partial charge >= 0.3 is 0 Å². The van der Waals surface area contributed by atoms with Crippen LogP contribution in [-0.2, 0) is 0 Å². The molecule has 0 bridgehead atoms. The highest BCUT2D eigenvalue weighted by Gasteiger charge is 2.22. The van der Waals surface area contributed by atoms with Crippen molar-refractivity contribution in [3.05, 3.63) is 24.0 Å². The van der Waals surface area contributed by atoms with Gasteiger partial charge in [-0.3, -0.25) is 9.78 Å². The van der Waals surface area contributed by atoms with Gasteiger partial charge in [-0.2, -0.15) is 0 Å². The Morgan fingerprint density at radius 3 is 2.82 bits per heavy atom. The molecular formula is C14H19NO2. The van der Waals surface area contributed by atoms with Crippen molar-refractivity contribution in [1.29, 1.82) is 0 Å². The predicted octanol–water partition coefficient (Wildman–Crippen LogP) is 3.24. The molecular weight excluding hydrogens is 214 g/mol. The molecule has 0 aliphatic heterocycles. The van der Waals surface area contributed by atoms with Gasteiger partial charge in [0.15, 0.2) is 5.78 Å². The molecule has 3 nitrogen and oxygen atoms in total. The maximum absolute atomic E-state index is 12.3. The van der Waals surface area contributed by atoms with Crippen LogP contribution >= 0.6 is 0 Å². The standard InChI is InChI=1S/C14H19NO2/c1-2-17-13-8-12(9-15-10-13)14(16)11-6-4-3-5-7-11/h8-11H,2-7H2,1H3. The van der Waals surface area contributed by atoms with Crippen LogP contribution in [0.2, 0.25) is 0 Å². The molecule has 1 aliphatic rings. The summed E-state index contributed by atoms with van der Waals surface area (Å²) in [6.45, 7) is 2.53. The highest BCUT2D eigenvalue weighted by molar-refractivity contribution is 5.97. The molecule has 1 heterocycles. The molecule has 1 aromatic rings. The predicted molar refractivity (Wildman–Crippen MR) is 66.3 cm³/mol. The zero-order valence-electron chi connectivity index (χ0n) is 10.3. The average Bonchev–Trinajstić information content (AvgIpc) is 2.40. The van der Waals surface area contributed by atoms with Gasteiger partial charge in [-0.05, 0) is 25.8 Å². The zero-order valence-corrected chi connectivity index (χ0v) is 10.3. The van der Waals surface area contributed by atoms with E-state index in [0.717, 1.165) is 12.8 Å². The number of rotatable bonds is 4. The molecule has 1 saturated carbocycles. The maximum Gasteiger partial charge on any atom is 0.167 e. The summed E-state index contributed by atoms with van der Waals surface area (Å²) in [5.74, 6) is 1.12. The molecule has 0 atom stereocenters. The molecule has 17 heavy (non-hydrogen) atoms. The largest absolute Gasteiger partial charge is 0.492 e. The van der Waals surface area contributed by atoms with Crippen molar-refractivity contribution in [1.82, 2.24) is 4.98 Å². The average molecular weight is 233 g/mol. The summed E-state index contributed by atoms with van der Waals surface area (Å²) in [7, 11) is 0. The van der Waals surface area contributed by atoms with Crippen LogP contribution in [0.4, 0.5) is 0 Å². The Morgan fingerprint density at radius 1 is 1.35 bits per heavy atom. The number of nitrogens with zero attached hydrogens (tertiary/aromatic N) is 1. The summed E-state index contributed by atoms with van der Waals surface area (Å²) in [6, 6.07) is 1.81. The van der Waals surface area contributed by atoms with E-state index in [4.69, 9.17) is 4.74 Å². The summed E-state index contributed by atoms with van der Waals surface area (Å²) in [5, 5.41) is 0. The van der Waals surface area contributed by atoms with E-state index in [-0.39, 0.29) is 11.7 Å². The molecule has 1 aromatic heterocycles. The third-order valence-corrected chi connectivity index (χ3v) is 3.28. The van der Waals surface area contributed by atoms with Crippen LogP contribution in [-0.4, -0.2) is 17.4 Å². The molecule has 2 rings (SSSR count). The van der Waals surface area contributed by atoms with E-state index in [1.165, 1.54) is 19.3 Å². The Kier molecular flexibility index (Phi) is 4.13. The van der Waals surface area contributed by atoms with Crippen LogP contribution in [0, 0.1) is 5.92 Å². The van der Waals surface area contributed by atoms with Crippen LogP contribution < -0.4 is 4.74 Å². The first-order chi connectivity index (χ1) is 8.31. The van der Waals surface area contributed by atoms with Gasteiger partial charge in [0.1, 0.15) is 5.75 Å². The van der Waals surface area contributed by atoms with Gasteiger partial charge in [-0.25, -0.2) is 0 Å². The second kappa shape index (κ2) is 5.80. The van der Waals surface area contributed by atoms with E-state index in [9.17, 15) is 4.79 Å². The quantitative estimate of drug-likeness (QED) is 0.749. The van der Waals surface area contributed by atoms with Crippen molar-refractivity contribution in [3.63, 3.8) is 0 Å². The highest BCUT2D eigenvalue weighted by Crippen LogP contribution is 2.27. The number of hydrogen-bond acceptors (Lipinski definition) is 3. The fourth-order valence-corrected chi connectivity index (χ4v) is 2.40. The van der Waals surface area contributed by atoms with Gasteiger partial charge in [0.05, 0.1) is 12.8 Å².